The Morgan fingerprint density at radius 2 is 1.78 bits per heavy atom. The van der Waals surface area contributed by atoms with E-state index >= 15 is 0 Å². The molecule has 1 aromatic carbocycles. The van der Waals surface area contributed by atoms with Crippen LogP contribution < -0.4 is 11.5 Å². The van der Waals surface area contributed by atoms with E-state index in [9.17, 15) is 22.8 Å². The number of alkyl halides is 3. The predicted molar refractivity (Wildman–Crippen MR) is 124 cm³/mol. The molecule has 0 atom stereocenters. The summed E-state index contributed by atoms with van der Waals surface area (Å²) in [5, 5.41) is 8.40. The normalized spacial score (nSPS) is 22.8. The summed E-state index contributed by atoms with van der Waals surface area (Å²) in [6, 6.07) is 8.55. The van der Waals surface area contributed by atoms with E-state index in [1.54, 1.807) is 30.3 Å². The number of halogens is 3. The van der Waals surface area contributed by atoms with Gasteiger partial charge in [-0.15, -0.1) is 0 Å². The van der Waals surface area contributed by atoms with Crippen LogP contribution in [0.3, 0.4) is 0 Å². The number of benzene rings is 1. The molecule has 190 valence electrons. The first-order valence-electron chi connectivity index (χ1n) is 11.7. The maximum Gasteiger partial charge on any atom is 0.394 e. The summed E-state index contributed by atoms with van der Waals surface area (Å²) in [4.78, 5) is 24.6. The zero-order valence-corrected chi connectivity index (χ0v) is 19.9. The number of nitrogens with zero attached hydrogens (tertiary/aromatic N) is 3. The maximum absolute atomic E-state index is 13.1. The van der Waals surface area contributed by atoms with Crippen molar-refractivity contribution in [3.8, 4) is 11.3 Å². The number of aromatic nitrogens is 3. The predicted octanol–water partition coefficient (Wildman–Crippen LogP) is 4.14. The summed E-state index contributed by atoms with van der Waals surface area (Å²) < 4.78 is 46.1. The Balaban J connectivity index is 1.23. The highest BCUT2D eigenvalue weighted by molar-refractivity contribution is 6.03. The molecule has 0 spiro atoms. The summed E-state index contributed by atoms with van der Waals surface area (Å²) in [6.45, 7) is 3.77. The second kappa shape index (κ2) is 7.94. The first kappa shape index (κ1) is 24.1. The minimum absolute atomic E-state index is 0.00357. The van der Waals surface area contributed by atoms with Crippen LogP contribution in [0.1, 0.15) is 66.5 Å². The smallest absolute Gasteiger partial charge is 0.383 e. The van der Waals surface area contributed by atoms with Gasteiger partial charge in [-0.1, -0.05) is 29.4 Å². The van der Waals surface area contributed by atoms with Crippen LogP contribution in [-0.2, 0) is 23.1 Å². The fourth-order valence-electron chi connectivity index (χ4n) is 5.56. The molecular formula is C25H26F3N5O3. The van der Waals surface area contributed by atoms with Crippen molar-refractivity contribution < 1.29 is 27.3 Å². The number of primary amides is 1. The monoisotopic (exact) mass is 501 g/mol. The van der Waals surface area contributed by atoms with Crippen molar-refractivity contribution in [2.24, 2.45) is 11.1 Å². The van der Waals surface area contributed by atoms with Gasteiger partial charge in [0.05, 0.1) is 17.5 Å². The molecule has 3 aliphatic rings. The molecule has 0 saturated heterocycles. The molecule has 4 N–H and O–H groups in total. The van der Waals surface area contributed by atoms with Gasteiger partial charge in [-0.05, 0) is 38.7 Å². The van der Waals surface area contributed by atoms with Gasteiger partial charge in [0.2, 0.25) is 0 Å². The highest BCUT2D eigenvalue weighted by Crippen LogP contribution is 2.78. The number of hydrogen-bond acceptors (Lipinski definition) is 6. The molecule has 8 nitrogen and oxygen atoms in total. The lowest BCUT2D eigenvalue weighted by atomic mass is 9.34. The number of Topliss-reactive ketones (excluding diaryl/α,β-unsaturated/α-hetero) is 1. The Bertz CT molecular complexity index is 1330. The number of nitrogens with two attached hydrogens (primary N) is 2. The van der Waals surface area contributed by atoms with Crippen LogP contribution in [0, 0.1) is 5.41 Å². The van der Waals surface area contributed by atoms with Crippen molar-refractivity contribution in [1.29, 1.82) is 0 Å². The molecule has 3 fully saturated rings. The van der Waals surface area contributed by atoms with Crippen LogP contribution in [-0.4, -0.2) is 32.8 Å². The molecule has 0 aliphatic heterocycles. The number of nitrogen functional groups attached to an aromatic ring is 1. The fraction of sp³-hybridized carbons (Fsp3) is 0.440. The van der Waals surface area contributed by atoms with Gasteiger partial charge in [0.25, 0.3) is 5.91 Å². The molecule has 3 aromatic rings. The summed E-state index contributed by atoms with van der Waals surface area (Å²) >= 11 is 0. The Hall–Kier alpha value is -3.63. The Morgan fingerprint density at radius 3 is 2.33 bits per heavy atom. The molecule has 36 heavy (non-hydrogen) atoms. The van der Waals surface area contributed by atoms with E-state index in [4.69, 9.17) is 16.0 Å². The minimum Gasteiger partial charge on any atom is -0.383 e. The van der Waals surface area contributed by atoms with E-state index in [1.807, 2.05) is 13.8 Å². The molecule has 2 heterocycles. The number of carbonyl (C=O) groups excluding carboxylic acids is 2. The molecule has 3 aliphatic carbocycles. The zero-order valence-electron chi connectivity index (χ0n) is 19.9. The Labute approximate surface area is 204 Å². The second-order valence-corrected chi connectivity index (χ2v) is 10.4. The van der Waals surface area contributed by atoms with Gasteiger partial charge in [0.15, 0.2) is 0 Å². The van der Waals surface area contributed by atoms with Gasteiger partial charge in [-0.2, -0.15) is 18.3 Å². The highest BCUT2D eigenvalue weighted by Gasteiger charge is 2.79. The summed E-state index contributed by atoms with van der Waals surface area (Å²) in [5.41, 5.74) is 11.9. The number of amides is 1. The SMILES string of the molecule is CC(C)n1nc(-c2ccc(CC(=O)Cc3cc(C45CC(C(F)(F)F)(C4)C5)no3)cc2)c(C(N)=O)c1N. The van der Waals surface area contributed by atoms with Crippen LogP contribution in [0.4, 0.5) is 19.0 Å². The number of ketones is 1. The number of hydrogen-bond donors (Lipinski definition) is 2. The number of rotatable bonds is 8. The van der Waals surface area contributed by atoms with Crippen LogP contribution >= 0.6 is 0 Å². The van der Waals surface area contributed by atoms with Gasteiger partial charge in [0, 0.05) is 29.5 Å². The van der Waals surface area contributed by atoms with Crippen molar-refractivity contribution in [3.63, 3.8) is 0 Å². The van der Waals surface area contributed by atoms with Gasteiger partial charge in [-0.3, -0.25) is 9.59 Å². The van der Waals surface area contributed by atoms with E-state index < -0.39 is 22.9 Å². The molecule has 2 bridgehead atoms. The van der Waals surface area contributed by atoms with Crippen molar-refractivity contribution >= 4 is 17.5 Å². The molecule has 6 rings (SSSR count). The summed E-state index contributed by atoms with van der Waals surface area (Å²) in [6.07, 6.45) is -3.95. The third-order valence-electron chi connectivity index (χ3n) is 7.42. The van der Waals surface area contributed by atoms with E-state index in [0.29, 0.717) is 22.7 Å². The number of anilines is 1. The third-order valence-corrected chi connectivity index (χ3v) is 7.42. The Morgan fingerprint density at radius 1 is 1.14 bits per heavy atom. The minimum atomic E-state index is -4.19. The average molecular weight is 502 g/mol. The third kappa shape index (κ3) is 3.68. The molecule has 0 radical (unpaired) electrons. The number of carbonyl (C=O) groups is 2. The maximum atomic E-state index is 13.1. The molecule has 0 unspecified atom stereocenters. The largest absolute Gasteiger partial charge is 0.394 e. The van der Waals surface area contributed by atoms with E-state index in [2.05, 4.69) is 10.3 Å². The van der Waals surface area contributed by atoms with Gasteiger partial charge in [-0.25, -0.2) is 4.68 Å². The lowest BCUT2D eigenvalue weighted by molar-refractivity contribution is -0.338. The first-order valence-corrected chi connectivity index (χ1v) is 11.7. The van der Waals surface area contributed by atoms with Crippen molar-refractivity contribution in [1.82, 2.24) is 14.9 Å². The van der Waals surface area contributed by atoms with Gasteiger partial charge < -0.3 is 16.0 Å². The van der Waals surface area contributed by atoms with E-state index in [1.165, 1.54) is 4.68 Å². The van der Waals surface area contributed by atoms with Gasteiger partial charge >= 0.3 is 6.18 Å². The molecule has 11 heteroatoms. The topological polar surface area (TPSA) is 130 Å². The highest BCUT2D eigenvalue weighted by atomic mass is 19.4. The second-order valence-electron chi connectivity index (χ2n) is 10.4. The van der Waals surface area contributed by atoms with Crippen molar-refractivity contribution in [2.75, 3.05) is 5.73 Å². The van der Waals surface area contributed by atoms with E-state index in [0.717, 1.165) is 5.56 Å². The van der Waals surface area contributed by atoms with Crippen molar-refractivity contribution in [3.05, 3.63) is 52.9 Å². The lowest BCUT2D eigenvalue weighted by Crippen LogP contribution is -2.70. The van der Waals surface area contributed by atoms with Crippen LogP contribution in [0.2, 0.25) is 0 Å². The van der Waals surface area contributed by atoms with E-state index in [-0.39, 0.29) is 55.3 Å². The van der Waals surface area contributed by atoms with Crippen LogP contribution in [0.25, 0.3) is 11.3 Å². The Kier molecular flexibility index (Phi) is 5.31. The molecule has 3 saturated carbocycles. The first-order chi connectivity index (χ1) is 16.8. The fourth-order valence-corrected chi connectivity index (χ4v) is 5.56. The summed E-state index contributed by atoms with van der Waals surface area (Å²) in [5.74, 6) is -0.252. The van der Waals surface area contributed by atoms with Gasteiger partial charge in [0.1, 0.15) is 28.6 Å². The van der Waals surface area contributed by atoms with Crippen molar-refractivity contribution in [2.45, 2.75) is 63.6 Å². The summed E-state index contributed by atoms with van der Waals surface area (Å²) in [7, 11) is 0. The molecule has 1 amide bonds. The lowest BCUT2D eigenvalue weighted by Gasteiger charge is -2.69. The molecular weight excluding hydrogens is 475 g/mol. The van der Waals surface area contributed by atoms with Crippen LogP contribution in [0.15, 0.2) is 34.9 Å². The standard InChI is InChI=1S/C25H26F3N5O3/c1-13(2)33-21(29)19(22(30)35)20(31-33)15-5-3-14(4-6-15)7-16(34)8-17-9-18(32-36-17)23-10-24(11-23,12-23)25(26,27)28/h3-6,9,13H,7-8,10-12,29H2,1-2H3,(H2,30,35). The zero-order chi connectivity index (χ0) is 26.0. The molecule has 2 aromatic heterocycles. The van der Waals surface area contributed by atoms with Crippen LogP contribution in [0.5, 0.6) is 0 Å². The average Bonchev–Trinajstić information content (AvgIpc) is 3.29. The quantitative estimate of drug-likeness (QED) is 0.477.